The third-order valence-electron chi connectivity index (χ3n) is 9.86. The fourth-order valence-electron chi connectivity index (χ4n) is 6.77. The zero-order valence-electron chi connectivity index (χ0n) is 35.3. The van der Waals surface area contributed by atoms with Crippen LogP contribution in [0.3, 0.4) is 0 Å². The topological polar surface area (TPSA) is 199 Å². The average Bonchev–Trinajstić information content (AvgIpc) is 3.20. The maximum Gasteiger partial charge on any atom is 0.323 e. The molecule has 1 saturated heterocycles. The number of nitrogens with zero attached hydrogens (tertiary/aromatic N) is 2. The Morgan fingerprint density at radius 1 is 0.852 bits per heavy atom. The molecule has 5 N–H and O–H groups in total. The van der Waals surface area contributed by atoms with Crippen LogP contribution in [0, 0.1) is 0 Å². The summed E-state index contributed by atoms with van der Waals surface area (Å²) in [5.41, 5.74) is 1.91. The van der Waals surface area contributed by atoms with Gasteiger partial charge in [0, 0.05) is 53.9 Å². The van der Waals surface area contributed by atoms with Crippen LogP contribution in [0.5, 0.6) is 23.0 Å². The molecule has 326 valence electrons. The molecule has 1 aliphatic rings. The molecule has 0 bridgehead atoms. The van der Waals surface area contributed by atoms with Gasteiger partial charge in [0.15, 0.2) is 5.75 Å². The van der Waals surface area contributed by atoms with Crippen LogP contribution < -0.4 is 39.6 Å². The normalized spacial score (nSPS) is 14.2. The van der Waals surface area contributed by atoms with Crippen molar-refractivity contribution in [3.05, 3.63) is 90.6 Å². The van der Waals surface area contributed by atoms with Gasteiger partial charge in [0.1, 0.15) is 28.0 Å². The summed E-state index contributed by atoms with van der Waals surface area (Å²) >= 11 is 0. The first-order valence-electron chi connectivity index (χ1n) is 19.6. The number of hydrogen-bond donors (Lipinski definition) is 5. The molecular formula is C43H53N7O9S2. The van der Waals surface area contributed by atoms with Gasteiger partial charge in [-0.1, -0.05) is 45.0 Å². The number of hydrogen-bond acceptors (Lipinski definition) is 12. The van der Waals surface area contributed by atoms with Crippen LogP contribution in [-0.2, 0) is 30.2 Å². The Bertz CT molecular complexity index is 2600. The highest BCUT2D eigenvalue weighted by Gasteiger charge is 2.25. The van der Waals surface area contributed by atoms with E-state index in [0.717, 1.165) is 31.5 Å². The van der Waals surface area contributed by atoms with Gasteiger partial charge in [0.2, 0.25) is 20.0 Å². The van der Waals surface area contributed by atoms with Crippen molar-refractivity contribution in [2.45, 2.75) is 50.5 Å². The highest BCUT2D eigenvalue weighted by molar-refractivity contribution is 7.92. The Morgan fingerprint density at radius 2 is 1.56 bits per heavy atom. The number of anilines is 5. The number of carbonyl (C=O) groups is 1. The lowest BCUT2D eigenvalue weighted by molar-refractivity contribution is 0.0366. The minimum absolute atomic E-state index is 0.0246. The molecule has 4 aromatic carbocycles. The first-order valence-corrected chi connectivity index (χ1v) is 23.0. The van der Waals surface area contributed by atoms with E-state index in [4.69, 9.17) is 18.9 Å². The summed E-state index contributed by atoms with van der Waals surface area (Å²) < 4.78 is 79.3. The van der Waals surface area contributed by atoms with Gasteiger partial charge in [-0.05, 0) is 73.3 Å². The molecule has 1 aromatic heterocycles. The molecule has 61 heavy (non-hydrogen) atoms. The van der Waals surface area contributed by atoms with Gasteiger partial charge in [-0.3, -0.25) is 9.62 Å². The molecule has 16 nitrogen and oxygen atoms in total. The molecule has 0 aliphatic carbocycles. The number of amides is 2. The monoisotopic (exact) mass is 875 g/mol. The van der Waals surface area contributed by atoms with Gasteiger partial charge in [0.25, 0.3) is 0 Å². The highest BCUT2D eigenvalue weighted by Crippen LogP contribution is 2.40. The van der Waals surface area contributed by atoms with Gasteiger partial charge >= 0.3 is 6.03 Å². The lowest BCUT2D eigenvalue weighted by Crippen LogP contribution is -2.40. The quantitative estimate of drug-likeness (QED) is 0.0656. The van der Waals surface area contributed by atoms with Crippen molar-refractivity contribution in [2.24, 2.45) is 0 Å². The number of urea groups is 1. The first kappa shape index (κ1) is 44.9. The molecule has 0 radical (unpaired) electrons. The Morgan fingerprint density at radius 3 is 2.25 bits per heavy atom. The van der Waals surface area contributed by atoms with E-state index in [-0.39, 0.29) is 39.2 Å². The first-order chi connectivity index (χ1) is 28.9. The molecule has 6 rings (SSSR count). The molecule has 5 aromatic rings. The predicted octanol–water partition coefficient (Wildman–Crippen LogP) is 7.49. The number of pyridine rings is 1. The summed E-state index contributed by atoms with van der Waals surface area (Å²) in [5, 5.41) is 10.4. The smallest absolute Gasteiger partial charge is 0.323 e. The van der Waals surface area contributed by atoms with E-state index in [1.54, 1.807) is 54.7 Å². The summed E-state index contributed by atoms with van der Waals surface area (Å²) in [6.45, 7) is 11.6. The third-order valence-corrected chi connectivity index (χ3v) is 12.1. The van der Waals surface area contributed by atoms with Crippen molar-refractivity contribution in [3.8, 4) is 23.0 Å². The molecule has 0 spiro atoms. The van der Waals surface area contributed by atoms with Crippen molar-refractivity contribution in [1.82, 2.24) is 14.6 Å². The van der Waals surface area contributed by atoms with E-state index in [9.17, 15) is 21.6 Å². The second-order valence-corrected chi connectivity index (χ2v) is 19.1. The maximum atomic E-state index is 13.5. The number of rotatable bonds is 16. The van der Waals surface area contributed by atoms with E-state index in [2.05, 4.69) is 35.3 Å². The lowest BCUT2D eigenvalue weighted by Gasteiger charge is -2.27. The molecule has 1 atom stereocenters. The van der Waals surface area contributed by atoms with E-state index in [0.29, 0.717) is 59.1 Å². The largest absolute Gasteiger partial charge is 0.495 e. The van der Waals surface area contributed by atoms with Crippen molar-refractivity contribution >= 4 is 65.4 Å². The number of methoxy groups -OCH3 is 2. The second kappa shape index (κ2) is 18.9. The molecule has 1 unspecified atom stereocenters. The van der Waals surface area contributed by atoms with E-state index in [1.165, 1.54) is 20.3 Å². The fourth-order valence-corrected chi connectivity index (χ4v) is 8.75. The van der Waals surface area contributed by atoms with Gasteiger partial charge in [-0.2, -0.15) is 0 Å². The Kier molecular flexibility index (Phi) is 13.9. The Labute approximate surface area is 357 Å². The minimum atomic E-state index is -3.88. The van der Waals surface area contributed by atoms with E-state index in [1.807, 2.05) is 52.0 Å². The minimum Gasteiger partial charge on any atom is -0.495 e. The number of sulfonamides is 2. The Hall–Kier alpha value is -5.66. The standard InChI is InChI=1S/C43H53N7O9S2/c1-28(17-19-50-20-22-58-23-21-50)48-61(54,55)39-15-12-30(26-38(39)56-5)45-40-27-31(16-18-44-40)59-37-14-13-34(32-10-8-9-11-33(32)37)46-42(51)47-35-24-29(43(2,3)4)25-36(41(35)57-6)49-60(7,52)53/h8-16,18,24-28,48-49H,17,19-23H2,1-7H3,(H,44,45)(H2,46,47,51). The average molecular weight is 876 g/mol. The van der Waals surface area contributed by atoms with Crippen molar-refractivity contribution in [1.29, 1.82) is 0 Å². The second-order valence-electron chi connectivity index (χ2n) is 15.7. The van der Waals surface area contributed by atoms with Crippen LogP contribution >= 0.6 is 0 Å². The van der Waals surface area contributed by atoms with Gasteiger partial charge in [-0.25, -0.2) is 31.3 Å². The van der Waals surface area contributed by atoms with Crippen LogP contribution in [0.2, 0.25) is 0 Å². The van der Waals surface area contributed by atoms with Crippen LogP contribution in [-0.4, -0.2) is 92.1 Å². The molecule has 2 heterocycles. The highest BCUT2D eigenvalue weighted by atomic mass is 32.2. The SMILES string of the molecule is COc1cc(Nc2cc(Oc3ccc(NC(=O)Nc4cc(C(C)(C)C)cc(NS(C)(=O)=O)c4OC)c4ccccc34)ccn2)ccc1S(=O)(=O)NC(C)CCN1CCOCC1. The molecule has 1 fully saturated rings. The number of fused-ring (bicyclic) bond motifs is 1. The molecular weight excluding hydrogens is 823 g/mol. The van der Waals surface area contributed by atoms with Crippen LogP contribution in [0.4, 0.5) is 33.4 Å². The van der Waals surface area contributed by atoms with Crippen LogP contribution in [0.15, 0.2) is 90.0 Å². The van der Waals surface area contributed by atoms with Crippen molar-refractivity contribution < 1.29 is 40.6 Å². The zero-order valence-corrected chi connectivity index (χ0v) is 36.9. The van der Waals surface area contributed by atoms with Crippen molar-refractivity contribution in [2.75, 3.05) is 74.0 Å². The summed E-state index contributed by atoms with van der Waals surface area (Å²) in [5.74, 6) is 1.74. The van der Waals surface area contributed by atoms with Gasteiger partial charge < -0.3 is 34.9 Å². The molecule has 1 aliphatic heterocycles. The van der Waals surface area contributed by atoms with E-state index < -0.39 is 26.1 Å². The Balaban J connectivity index is 1.15. The zero-order chi connectivity index (χ0) is 44.0. The molecule has 0 saturated carbocycles. The number of ether oxygens (including phenoxy) is 4. The summed E-state index contributed by atoms with van der Waals surface area (Å²) in [7, 11) is -4.72. The maximum absolute atomic E-state index is 13.5. The van der Waals surface area contributed by atoms with E-state index >= 15 is 0 Å². The summed E-state index contributed by atoms with van der Waals surface area (Å²) in [6, 6.07) is 21.6. The van der Waals surface area contributed by atoms with Gasteiger partial charge in [-0.15, -0.1) is 0 Å². The van der Waals surface area contributed by atoms with Gasteiger partial charge in [0.05, 0.1) is 50.8 Å². The van der Waals surface area contributed by atoms with Crippen LogP contribution in [0.25, 0.3) is 10.8 Å². The number of carbonyl (C=O) groups excluding carboxylic acids is 1. The summed E-state index contributed by atoms with van der Waals surface area (Å²) in [4.78, 5) is 20.2. The number of benzene rings is 4. The lowest BCUT2D eigenvalue weighted by atomic mass is 9.86. The van der Waals surface area contributed by atoms with Crippen LogP contribution in [0.1, 0.15) is 39.7 Å². The molecule has 18 heteroatoms. The summed E-state index contributed by atoms with van der Waals surface area (Å²) in [6.07, 6.45) is 3.28. The predicted molar refractivity (Wildman–Crippen MR) is 239 cm³/mol. The third kappa shape index (κ3) is 11.8. The van der Waals surface area contributed by atoms with Crippen molar-refractivity contribution in [3.63, 3.8) is 0 Å². The number of aromatic nitrogens is 1. The fraction of sp³-hybridized carbons (Fsp3) is 0.349. The number of nitrogens with one attached hydrogen (secondary N) is 5. The number of morpholine rings is 1. The molecule has 2 amide bonds.